The van der Waals surface area contributed by atoms with Crippen molar-refractivity contribution in [3.8, 4) is 11.2 Å². The van der Waals surface area contributed by atoms with Gasteiger partial charge in [0.05, 0.1) is 12.9 Å². The van der Waals surface area contributed by atoms with E-state index in [4.69, 9.17) is 10.00 Å². The fourth-order valence-electron chi connectivity index (χ4n) is 1.23. The third kappa shape index (κ3) is 3.00. The molecule has 3 nitrogen and oxygen atoms in total. The van der Waals surface area contributed by atoms with E-state index in [1.165, 1.54) is 0 Å². The molecule has 0 radical (unpaired) electrons. The van der Waals surface area contributed by atoms with Crippen LogP contribution in [0, 0.1) is 17.6 Å². The number of rotatable bonds is 4. The Morgan fingerprint density at radius 2 is 2.33 bits per heavy atom. The van der Waals surface area contributed by atoms with E-state index in [1.807, 2.05) is 12.3 Å². The molecule has 0 saturated heterocycles. The second-order valence-electron chi connectivity index (χ2n) is 2.99. The molecule has 78 valence electrons. The maximum Gasteiger partial charge on any atom is 0.173 e. The molecule has 0 atom stereocenters. The summed E-state index contributed by atoms with van der Waals surface area (Å²) >= 11 is 0.952. The Morgan fingerprint density at radius 1 is 1.60 bits per heavy atom. The van der Waals surface area contributed by atoms with Gasteiger partial charge in [0.2, 0.25) is 0 Å². The van der Waals surface area contributed by atoms with Crippen molar-refractivity contribution in [2.24, 2.45) is 0 Å². The minimum atomic E-state index is -0.0349. The van der Waals surface area contributed by atoms with Crippen LogP contribution >= 0.6 is 11.8 Å². The van der Waals surface area contributed by atoms with Gasteiger partial charge in [0, 0.05) is 5.56 Å². The Morgan fingerprint density at radius 3 is 2.87 bits per heavy atom. The SMILES string of the molecule is COc1ccc(C(=O)CSC#N)cc1C. The van der Waals surface area contributed by atoms with Gasteiger partial charge in [-0.1, -0.05) is 0 Å². The minimum absolute atomic E-state index is 0.0349. The van der Waals surface area contributed by atoms with Gasteiger partial charge in [-0.2, -0.15) is 5.26 Å². The van der Waals surface area contributed by atoms with Crippen LogP contribution in [0.25, 0.3) is 0 Å². The van der Waals surface area contributed by atoms with Crippen molar-refractivity contribution >= 4 is 17.5 Å². The predicted molar refractivity (Wildman–Crippen MR) is 60.1 cm³/mol. The summed E-state index contributed by atoms with van der Waals surface area (Å²) in [5, 5.41) is 10.2. The molecule has 0 aliphatic carbocycles. The number of hydrogen-bond donors (Lipinski definition) is 0. The van der Waals surface area contributed by atoms with Crippen LogP contribution in [0.2, 0.25) is 0 Å². The maximum absolute atomic E-state index is 11.5. The van der Waals surface area contributed by atoms with E-state index in [-0.39, 0.29) is 11.5 Å². The molecule has 0 fully saturated rings. The predicted octanol–water partition coefficient (Wildman–Crippen LogP) is 2.40. The third-order valence-electron chi connectivity index (χ3n) is 1.98. The van der Waals surface area contributed by atoms with Gasteiger partial charge in [0.25, 0.3) is 0 Å². The summed E-state index contributed by atoms with van der Waals surface area (Å²) in [5.41, 5.74) is 1.54. The number of nitriles is 1. The quantitative estimate of drug-likeness (QED) is 0.578. The van der Waals surface area contributed by atoms with E-state index in [9.17, 15) is 4.79 Å². The number of nitrogens with zero attached hydrogens (tertiary/aromatic N) is 1. The van der Waals surface area contributed by atoms with E-state index in [1.54, 1.807) is 25.3 Å². The summed E-state index contributed by atoms with van der Waals surface area (Å²) in [7, 11) is 1.59. The number of ketones is 1. The van der Waals surface area contributed by atoms with Crippen LogP contribution in [0.4, 0.5) is 0 Å². The number of benzene rings is 1. The highest BCUT2D eigenvalue weighted by Crippen LogP contribution is 2.19. The minimum Gasteiger partial charge on any atom is -0.496 e. The lowest BCUT2D eigenvalue weighted by Gasteiger charge is -2.05. The van der Waals surface area contributed by atoms with Gasteiger partial charge in [-0.15, -0.1) is 0 Å². The molecular formula is C11H11NO2S. The van der Waals surface area contributed by atoms with Crippen LogP contribution in [0.5, 0.6) is 5.75 Å². The average Bonchev–Trinajstić information content (AvgIpc) is 2.25. The molecule has 0 aliphatic heterocycles. The Kier molecular flexibility index (Phi) is 4.19. The van der Waals surface area contributed by atoms with Gasteiger partial charge in [-0.25, -0.2) is 0 Å². The lowest BCUT2D eigenvalue weighted by molar-refractivity contribution is 0.102. The summed E-state index contributed by atoms with van der Waals surface area (Å²) in [6.45, 7) is 1.88. The zero-order valence-electron chi connectivity index (χ0n) is 8.61. The van der Waals surface area contributed by atoms with Gasteiger partial charge in [0.1, 0.15) is 11.2 Å². The molecule has 0 aliphatic rings. The monoisotopic (exact) mass is 221 g/mol. The highest BCUT2D eigenvalue weighted by Gasteiger charge is 2.07. The van der Waals surface area contributed by atoms with Crippen molar-refractivity contribution in [3.05, 3.63) is 29.3 Å². The molecule has 1 aromatic carbocycles. The molecule has 0 amide bonds. The van der Waals surface area contributed by atoms with Crippen molar-refractivity contribution in [3.63, 3.8) is 0 Å². The molecule has 0 bridgehead atoms. The van der Waals surface area contributed by atoms with Gasteiger partial charge >= 0.3 is 0 Å². The van der Waals surface area contributed by atoms with Crippen LogP contribution in [-0.4, -0.2) is 18.6 Å². The number of Topliss-reactive ketones (excluding diaryl/α,β-unsaturated/α-hetero) is 1. The van der Waals surface area contributed by atoms with Gasteiger partial charge in [0.15, 0.2) is 5.78 Å². The Labute approximate surface area is 93.0 Å². The fraction of sp³-hybridized carbons (Fsp3) is 0.273. The highest BCUT2D eigenvalue weighted by atomic mass is 32.2. The largest absolute Gasteiger partial charge is 0.496 e. The molecular weight excluding hydrogens is 210 g/mol. The Balaban J connectivity index is 2.84. The highest BCUT2D eigenvalue weighted by molar-refractivity contribution is 8.04. The summed E-state index contributed by atoms with van der Waals surface area (Å²) in [5.74, 6) is 0.925. The lowest BCUT2D eigenvalue weighted by atomic mass is 10.1. The van der Waals surface area contributed by atoms with E-state index in [2.05, 4.69) is 0 Å². The molecule has 1 aromatic rings. The topological polar surface area (TPSA) is 50.1 Å². The Hall–Kier alpha value is -1.47. The van der Waals surface area contributed by atoms with Crippen LogP contribution in [0.3, 0.4) is 0 Å². The zero-order valence-corrected chi connectivity index (χ0v) is 9.43. The van der Waals surface area contributed by atoms with Crippen molar-refractivity contribution in [1.29, 1.82) is 5.26 Å². The first-order chi connectivity index (χ1) is 7.19. The first-order valence-corrected chi connectivity index (χ1v) is 5.36. The van der Waals surface area contributed by atoms with E-state index in [0.29, 0.717) is 5.56 Å². The summed E-state index contributed by atoms with van der Waals surface area (Å²) < 4.78 is 5.09. The number of carbonyl (C=O) groups excluding carboxylic acids is 1. The maximum atomic E-state index is 11.5. The van der Waals surface area contributed by atoms with Crippen molar-refractivity contribution in [2.45, 2.75) is 6.92 Å². The van der Waals surface area contributed by atoms with Gasteiger partial charge in [-0.3, -0.25) is 4.79 Å². The van der Waals surface area contributed by atoms with Gasteiger partial charge in [-0.05, 0) is 42.4 Å². The van der Waals surface area contributed by atoms with Crippen LogP contribution in [0.1, 0.15) is 15.9 Å². The number of carbonyl (C=O) groups is 1. The number of thiocyanates is 1. The van der Waals surface area contributed by atoms with Gasteiger partial charge < -0.3 is 4.74 Å². The molecule has 0 aromatic heterocycles. The van der Waals surface area contributed by atoms with Crippen LogP contribution in [0.15, 0.2) is 18.2 Å². The summed E-state index contributed by atoms with van der Waals surface area (Å²) in [4.78, 5) is 11.5. The molecule has 0 N–H and O–H groups in total. The average molecular weight is 221 g/mol. The molecule has 1 rings (SSSR count). The smallest absolute Gasteiger partial charge is 0.173 e. The van der Waals surface area contributed by atoms with E-state index in [0.717, 1.165) is 23.1 Å². The lowest BCUT2D eigenvalue weighted by Crippen LogP contribution is -2.02. The molecule has 0 heterocycles. The molecule has 0 saturated carbocycles. The van der Waals surface area contributed by atoms with Crippen LogP contribution in [-0.2, 0) is 0 Å². The molecule has 0 spiro atoms. The van der Waals surface area contributed by atoms with Crippen molar-refractivity contribution < 1.29 is 9.53 Å². The van der Waals surface area contributed by atoms with Crippen molar-refractivity contribution in [2.75, 3.05) is 12.9 Å². The first-order valence-electron chi connectivity index (χ1n) is 4.37. The number of aryl methyl sites for hydroxylation is 1. The van der Waals surface area contributed by atoms with E-state index < -0.39 is 0 Å². The zero-order chi connectivity index (χ0) is 11.3. The normalized spacial score (nSPS) is 9.40. The second kappa shape index (κ2) is 5.42. The fourth-order valence-corrected chi connectivity index (χ4v) is 1.60. The molecule has 4 heteroatoms. The Bertz CT molecular complexity index is 410. The summed E-state index contributed by atoms with van der Waals surface area (Å²) in [6, 6.07) is 5.25. The molecule has 15 heavy (non-hydrogen) atoms. The number of hydrogen-bond acceptors (Lipinski definition) is 4. The van der Waals surface area contributed by atoms with Crippen molar-refractivity contribution in [1.82, 2.24) is 0 Å². The first kappa shape index (κ1) is 11.6. The standard InChI is InChI=1S/C11H11NO2S/c1-8-5-9(3-4-11(8)14-2)10(13)6-15-7-12/h3-5H,6H2,1-2H3. The molecule has 0 unspecified atom stereocenters. The number of ether oxygens (including phenoxy) is 1. The second-order valence-corrected chi connectivity index (χ2v) is 3.75. The van der Waals surface area contributed by atoms with E-state index >= 15 is 0 Å². The number of thioether (sulfide) groups is 1. The van der Waals surface area contributed by atoms with Crippen LogP contribution < -0.4 is 4.74 Å². The third-order valence-corrected chi connectivity index (χ3v) is 2.52. The number of methoxy groups -OCH3 is 1. The summed E-state index contributed by atoms with van der Waals surface area (Å²) in [6.07, 6.45) is 0.